The van der Waals surface area contributed by atoms with Gasteiger partial charge in [-0.05, 0) is 43.3 Å². The minimum Gasteiger partial charge on any atom is -0.385 e. The topological polar surface area (TPSA) is 37.3 Å². The number of hydrogen-bond acceptors (Lipinski definition) is 2. The van der Waals surface area contributed by atoms with Gasteiger partial charge in [0.05, 0.1) is 5.60 Å². The van der Waals surface area contributed by atoms with Crippen LogP contribution in [-0.4, -0.2) is 16.5 Å². The van der Waals surface area contributed by atoms with Crippen LogP contribution >= 0.6 is 0 Å². The molecule has 2 unspecified atom stereocenters. The molecule has 2 heteroatoms. The smallest absolute Gasteiger partial charge is 0.152 e. The lowest BCUT2D eigenvalue weighted by Gasteiger charge is -2.49. The fourth-order valence-corrected chi connectivity index (χ4v) is 2.57. The molecule has 0 heterocycles. The summed E-state index contributed by atoms with van der Waals surface area (Å²) >= 11 is 0. The Labute approximate surface area is 92.4 Å². The van der Waals surface area contributed by atoms with Crippen molar-refractivity contribution in [3.05, 3.63) is 12.2 Å². The zero-order valence-electron chi connectivity index (χ0n) is 10.2. The SMILES string of the molecule is CC(=O)/C=C/C1(O)C(C)CCCC1(C)C. The van der Waals surface area contributed by atoms with E-state index in [2.05, 4.69) is 20.8 Å². The second-order valence-electron chi connectivity index (χ2n) is 5.45. The molecule has 15 heavy (non-hydrogen) atoms. The standard InChI is InChI=1S/C13H22O2/c1-10-6-5-8-12(3,4)13(10,15)9-7-11(2)14/h7,9-10,15H,5-6,8H2,1-4H3/b9-7+. The molecular weight excluding hydrogens is 188 g/mol. The van der Waals surface area contributed by atoms with Gasteiger partial charge in [0.1, 0.15) is 0 Å². The molecule has 1 aliphatic carbocycles. The lowest BCUT2D eigenvalue weighted by Crippen LogP contribution is -2.51. The number of allylic oxidation sites excluding steroid dienone is 1. The zero-order chi connectivity index (χ0) is 11.7. The predicted octanol–water partition coefficient (Wildman–Crippen LogP) is 2.71. The van der Waals surface area contributed by atoms with Gasteiger partial charge in [-0.15, -0.1) is 0 Å². The van der Waals surface area contributed by atoms with Gasteiger partial charge in [0.25, 0.3) is 0 Å². The molecule has 0 amide bonds. The van der Waals surface area contributed by atoms with Crippen LogP contribution < -0.4 is 0 Å². The van der Waals surface area contributed by atoms with Gasteiger partial charge in [-0.2, -0.15) is 0 Å². The third-order valence-electron chi connectivity index (χ3n) is 3.85. The molecule has 0 saturated heterocycles. The Morgan fingerprint density at radius 3 is 2.53 bits per heavy atom. The van der Waals surface area contributed by atoms with Gasteiger partial charge in [-0.1, -0.05) is 27.2 Å². The number of hydrogen-bond donors (Lipinski definition) is 1. The molecule has 1 aliphatic rings. The highest BCUT2D eigenvalue weighted by molar-refractivity contribution is 5.87. The monoisotopic (exact) mass is 210 g/mol. The zero-order valence-corrected chi connectivity index (χ0v) is 10.2. The van der Waals surface area contributed by atoms with Crippen LogP contribution in [0.1, 0.15) is 47.0 Å². The van der Waals surface area contributed by atoms with Crippen LogP contribution in [0.15, 0.2) is 12.2 Å². The van der Waals surface area contributed by atoms with Gasteiger partial charge < -0.3 is 5.11 Å². The van der Waals surface area contributed by atoms with E-state index < -0.39 is 5.60 Å². The molecule has 0 radical (unpaired) electrons. The Bertz CT molecular complexity index is 278. The maximum absolute atomic E-state index is 10.9. The summed E-state index contributed by atoms with van der Waals surface area (Å²) in [5.74, 6) is 0.217. The highest BCUT2D eigenvalue weighted by atomic mass is 16.3. The molecule has 1 fully saturated rings. The van der Waals surface area contributed by atoms with Crippen molar-refractivity contribution in [3.8, 4) is 0 Å². The second kappa shape index (κ2) is 4.09. The molecule has 0 spiro atoms. The van der Waals surface area contributed by atoms with Gasteiger partial charge in [0.2, 0.25) is 0 Å². The van der Waals surface area contributed by atoms with Gasteiger partial charge in [0, 0.05) is 0 Å². The van der Waals surface area contributed by atoms with Crippen LogP contribution in [0.3, 0.4) is 0 Å². The van der Waals surface area contributed by atoms with Crippen molar-refractivity contribution < 1.29 is 9.90 Å². The maximum Gasteiger partial charge on any atom is 0.152 e. The van der Waals surface area contributed by atoms with Crippen molar-refractivity contribution in [2.75, 3.05) is 0 Å². The van der Waals surface area contributed by atoms with Gasteiger partial charge in [-0.25, -0.2) is 0 Å². The first-order chi connectivity index (χ1) is 6.79. The molecular formula is C13H22O2. The molecule has 0 aliphatic heterocycles. The van der Waals surface area contributed by atoms with Crippen molar-refractivity contribution in [2.45, 2.75) is 52.6 Å². The molecule has 0 aromatic rings. The van der Waals surface area contributed by atoms with E-state index in [9.17, 15) is 9.90 Å². The molecule has 2 atom stereocenters. The molecule has 1 rings (SSSR count). The van der Waals surface area contributed by atoms with Crippen LogP contribution in [0.2, 0.25) is 0 Å². The normalized spacial score (nSPS) is 35.7. The van der Waals surface area contributed by atoms with Crippen LogP contribution in [0.25, 0.3) is 0 Å². The van der Waals surface area contributed by atoms with E-state index in [0.29, 0.717) is 0 Å². The first kappa shape index (κ1) is 12.4. The van der Waals surface area contributed by atoms with Crippen LogP contribution in [0.5, 0.6) is 0 Å². The fourth-order valence-electron chi connectivity index (χ4n) is 2.57. The minimum absolute atomic E-state index is 0.00278. The third kappa shape index (κ3) is 2.31. The van der Waals surface area contributed by atoms with E-state index in [4.69, 9.17) is 0 Å². The predicted molar refractivity (Wildman–Crippen MR) is 61.6 cm³/mol. The molecule has 0 aromatic carbocycles. The number of carbonyl (C=O) groups excluding carboxylic acids is 1. The van der Waals surface area contributed by atoms with E-state index in [1.807, 2.05) is 0 Å². The average molecular weight is 210 g/mol. The third-order valence-corrected chi connectivity index (χ3v) is 3.85. The van der Waals surface area contributed by atoms with Crippen molar-refractivity contribution in [3.63, 3.8) is 0 Å². The summed E-state index contributed by atoms with van der Waals surface area (Å²) in [6.07, 6.45) is 6.41. The summed E-state index contributed by atoms with van der Waals surface area (Å²) in [7, 11) is 0. The Morgan fingerprint density at radius 1 is 1.47 bits per heavy atom. The van der Waals surface area contributed by atoms with Crippen molar-refractivity contribution in [1.29, 1.82) is 0 Å². The van der Waals surface area contributed by atoms with Crippen LogP contribution in [-0.2, 0) is 4.79 Å². The lowest BCUT2D eigenvalue weighted by molar-refractivity contribution is -0.113. The molecule has 0 bridgehead atoms. The quantitative estimate of drug-likeness (QED) is 0.711. The average Bonchev–Trinajstić information content (AvgIpc) is 2.11. The van der Waals surface area contributed by atoms with E-state index >= 15 is 0 Å². The first-order valence-electron chi connectivity index (χ1n) is 5.72. The summed E-state index contributed by atoms with van der Waals surface area (Å²) in [5.41, 5.74) is -0.979. The van der Waals surface area contributed by atoms with E-state index in [1.54, 1.807) is 6.08 Å². The molecule has 2 nitrogen and oxygen atoms in total. The van der Waals surface area contributed by atoms with Gasteiger partial charge in [-0.3, -0.25) is 4.79 Å². The summed E-state index contributed by atoms with van der Waals surface area (Å²) < 4.78 is 0. The summed E-state index contributed by atoms with van der Waals surface area (Å²) in [5, 5.41) is 10.7. The van der Waals surface area contributed by atoms with Crippen LogP contribution in [0.4, 0.5) is 0 Å². The largest absolute Gasteiger partial charge is 0.385 e. The molecule has 86 valence electrons. The Kier molecular flexibility index (Phi) is 3.39. The van der Waals surface area contributed by atoms with Crippen LogP contribution in [0, 0.1) is 11.3 Å². The van der Waals surface area contributed by atoms with E-state index in [-0.39, 0.29) is 17.1 Å². The Morgan fingerprint density at radius 2 is 2.07 bits per heavy atom. The number of aliphatic hydroxyl groups is 1. The summed E-state index contributed by atoms with van der Waals surface area (Å²) in [6, 6.07) is 0. The first-order valence-corrected chi connectivity index (χ1v) is 5.72. The van der Waals surface area contributed by atoms with Crippen molar-refractivity contribution in [2.24, 2.45) is 11.3 Å². The Balaban J connectivity index is 2.98. The van der Waals surface area contributed by atoms with E-state index in [0.717, 1.165) is 19.3 Å². The molecule has 0 aromatic heterocycles. The van der Waals surface area contributed by atoms with Gasteiger partial charge >= 0.3 is 0 Å². The fraction of sp³-hybridized carbons (Fsp3) is 0.769. The highest BCUT2D eigenvalue weighted by Gasteiger charge is 2.47. The Hall–Kier alpha value is -0.630. The molecule has 1 N–H and O–H groups in total. The second-order valence-corrected chi connectivity index (χ2v) is 5.45. The highest BCUT2D eigenvalue weighted by Crippen LogP contribution is 2.47. The number of rotatable bonds is 2. The summed E-state index contributed by atoms with van der Waals surface area (Å²) in [4.78, 5) is 10.9. The summed E-state index contributed by atoms with van der Waals surface area (Å²) in [6.45, 7) is 7.73. The van der Waals surface area contributed by atoms with Crippen molar-refractivity contribution in [1.82, 2.24) is 0 Å². The lowest BCUT2D eigenvalue weighted by atomic mass is 9.60. The number of carbonyl (C=O) groups is 1. The minimum atomic E-state index is -0.836. The maximum atomic E-state index is 10.9. The van der Waals surface area contributed by atoms with Crippen molar-refractivity contribution >= 4 is 5.78 Å². The van der Waals surface area contributed by atoms with Gasteiger partial charge in [0.15, 0.2) is 5.78 Å². The number of ketones is 1. The van der Waals surface area contributed by atoms with E-state index in [1.165, 1.54) is 13.0 Å². The molecule has 1 saturated carbocycles.